The monoisotopic (exact) mass is 314 g/mol. The van der Waals surface area contributed by atoms with Gasteiger partial charge in [0.05, 0.1) is 5.92 Å². The number of rotatable bonds is 4. The van der Waals surface area contributed by atoms with Gasteiger partial charge >= 0.3 is 5.97 Å². The van der Waals surface area contributed by atoms with Crippen molar-refractivity contribution in [2.24, 2.45) is 17.3 Å². The van der Waals surface area contributed by atoms with Crippen molar-refractivity contribution < 1.29 is 14.6 Å². The summed E-state index contributed by atoms with van der Waals surface area (Å²) in [5.74, 6) is -0.342. The Morgan fingerprint density at radius 1 is 1.45 bits per heavy atom. The Morgan fingerprint density at radius 3 is 2.75 bits per heavy atom. The maximum atomic E-state index is 12.1. The molecular formula is C15H16Cl2O3. The van der Waals surface area contributed by atoms with Gasteiger partial charge in [-0.2, -0.15) is 0 Å². The molecule has 0 saturated heterocycles. The Labute approximate surface area is 128 Å². The minimum atomic E-state index is -0.269. The number of halogens is 2. The summed E-state index contributed by atoms with van der Waals surface area (Å²) in [4.78, 5) is 12.1. The smallest absolute Gasteiger partial charge is 0.310 e. The zero-order chi connectivity index (χ0) is 14.9. The van der Waals surface area contributed by atoms with Gasteiger partial charge in [-0.1, -0.05) is 49.2 Å². The molecule has 2 unspecified atom stereocenters. The molecule has 20 heavy (non-hydrogen) atoms. The second-order valence-electron chi connectivity index (χ2n) is 5.56. The molecule has 1 N–H and O–H groups in total. The first-order valence-corrected chi connectivity index (χ1v) is 7.05. The van der Waals surface area contributed by atoms with Crippen LogP contribution in [0.4, 0.5) is 0 Å². The molecule has 2 atom stereocenters. The van der Waals surface area contributed by atoms with E-state index >= 15 is 0 Å². The normalized spacial score (nSPS) is 23.0. The highest BCUT2D eigenvalue weighted by molar-refractivity contribution is 6.55. The van der Waals surface area contributed by atoms with Crippen LogP contribution in [0, 0.1) is 17.3 Å². The molecule has 1 aliphatic carbocycles. The lowest BCUT2D eigenvalue weighted by atomic mass is 10.1. The SMILES string of the molecule is CC1(C)C(C=C(Cl)Cl)C1C(=O)OCc1cccc(O)c1. The van der Waals surface area contributed by atoms with Gasteiger partial charge in [-0.15, -0.1) is 0 Å². The number of hydrogen-bond donors (Lipinski definition) is 1. The maximum absolute atomic E-state index is 12.1. The fourth-order valence-electron chi connectivity index (χ4n) is 2.47. The lowest BCUT2D eigenvalue weighted by molar-refractivity contribution is -0.147. The van der Waals surface area contributed by atoms with Crippen LogP contribution in [0.15, 0.2) is 34.8 Å². The minimum absolute atomic E-state index is 0.00387. The first-order valence-electron chi connectivity index (χ1n) is 6.29. The van der Waals surface area contributed by atoms with Crippen LogP contribution in [0.5, 0.6) is 5.75 Å². The number of carbonyl (C=O) groups excluding carboxylic acids is 1. The molecule has 0 spiro atoms. The first kappa shape index (κ1) is 15.2. The molecule has 0 heterocycles. The number of phenols is 1. The van der Waals surface area contributed by atoms with Gasteiger partial charge < -0.3 is 9.84 Å². The number of ether oxygens (including phenoxy) is 1. The van der Waals surface area contributed by atoms with Crippen molar-refractivity contribution in [1.82, 2.24) is 0 Å². The van der Waals surface area contributed by atoms with E-state index in [4.69, 9.17) is 27.9 Å². The quantitative estimate of drug-likeness (QED) is 0.854. The van der Waals surface area contributed by atoms with Gasteiger partial charge in [0, 0.05) is 0 Å². The molecule has 0 bridgehead atoms. The van der Waals surface area contributed by atoms with Crippen LogP contribution in [0.25, 0.3) is 0 Å². The average Bonchev–Trinajstić information content (AvgIpc) is 2.87. The molecule has 1 fully saturated rings. The van der Waals surface area contributed by atoms with E-state index in [2.05, 4.69) is 0 Å². The van der Waals surface area contributed by atoms with Crippen LogP contribution in [0.3, 0.4) is 0 Å². The van der Waals surface area contributed by atoms with Crippen molar-refractivity contribution in [3.63, 3.8) is 0 Å². The fourth-order valence-corrected chi connectivity index (χ4v) is 2.74. The number of esters is 1. The number of allylic oxidation sites excluding steroid dienone is 1. The summed E-state index contributed by atoms with van der Waals surface area (Å²) in [7, 11) is 0. The molecular weight excluding hydrogens is 299 g/mol. The molecule has 1 saturated carbocycles. The Bertz CT molecular complexity index is 548. The molecule has 3 nitrogen and oxygen atoms in total. The predicted molar refractivity (Wildman–Crippen MR) is 78.5 cm³/mol. The molecule has 0 amide bonds. The molecule has 2 rings (SSSR count). The van der Waals surface area contributed by atoms with Gasteiger partial charge in [-0.25, -0.2) is 0 Å². The number of aromatic hydroxyl groups is 1. The highest BCUT2D eigenvalue weighted by Gasteiger charge is 2.61. The van der Waals surface area contributed by atoms with E-state index in [0.29, 0.717) is 0 Å². The third-order valence-electron chi connectivity index (χ3n) is 3.76. The lowest BCUT2D eigenvalue weighted by Crippen LogP contribution is -2.10. The van der Waals surface area contributed by atoms with E-state index in [1.165, 1.54) is 0 Å². The van der Waals surface area contributed by atoms with Crippen LogP contribution in [-0.2, 0) is 16.1 Å². The molecule has 0 radical (unpaired) electrons. The Hall–Kier alpha value is -1.19. The summed E-state index contributed by atoms with van der Waals surface area (Å²) in [5, 5.41) is 9.35. The van der Waals surface area contributed by atoms with E-state index in [9.17, 15) is 9.90 Å². The molecule has 1 aromatic rings. The summed E-state index contributed by atoms with van der Waals surface area (Å²) < 4.78 is 5.46. The number of hydrogen-bond acceptors (Lipinski definition) is 3. The van der Waals surface area contributed by atoms with Crippen molar-refractivity contribution >= 4 is 29.2 Å². The summed E-state index contributed by atoms with van der Waals surface area (Å²) in [6.45, 7) is 4.10. The average molecular weight is 315 g/mol. The van der Waals surface area contributed by atoms with Crippen LogP contribution in [-0.4, -0.2) is 11.1 Å². The van der Waals surface area contributed by atoms with Crippen molar-refractivity contribution in [2.45, 2.75) is 20.5 Å². The van der Waals surface area contributed by atoms with Crippen molar-refractivity contribution in [3.05, 3.63) is 40.4 Å². The molecule has 1 aromatic carbocycles. The highest BCUT2D eigenvalue weighted by atomic mass is 35.5. The van der Waals surface area contributed by atoms with Crippen LogP contribution < -0.4 is 0 Å². The largest absolute Gasteiger partial charge is 0.508 e. The third-order valence-corrected chi connectivity index (χ3v) is 4.01. The summed E-state index contributed by atoms with van der Waals surface area (Å²) in [6.07, 6.45) is 1.68. The van der Waals surface area contributed by atoms with Gasteiger partial charge in [0.2, 0.25) is 0 Å². The van der Waals surface area contributed by atoms with Crippen molar-refractivity contribution in [2.75, 3.05) is 0 Å². The van der Waals surface area contributed by atoms with Gasteiger partial charge in [-0.05, 0) is 35.1 Å². The number of benzene rings is 1. The predicted octanol–water partition coefficient (Wildman–Crippen LogP) is 4.03. The third kappa shape index (κ3) is 3.28. The van der Waals surface area contributed by atoms with Crippen molar-refractivity contribution in [3.8, 4) is 5.75 Å². The fraction of sp³-hybridized carbons (Fsp3) is 0.400. The molecule has 0 aromatic heterocycles. The number of phenolic OH excluding ortho intramolecular Hbond substituents is 1. The Morgan fingerprint density at radius 2 is 2.15 bits per heavy atom. The lowest BCUT2D eigenvalue weighted by Gasteiger charge is -2.06. The van der Waals surface area contributed by atoms with Gasteiger partial charge in [0.1, 0.15) is 16.8 Å². The summed E-state index contributed by atoms with van der Waals surface area (Å²) in [6, 6.07) is 6.63. The van der Waals surface area contributed by atoms with E-state index in [0.717, 1.165) is 5.56 Å². The topological polar surface area (TPSA) is 46.5 Å². The van der Waals surface area contributed by atoms with Crippen LogP contribution >= 0.6 is 23.2 Å². The Balaban J connectivity index is 1.95. The van der Waals surface area contributed by atoms with E-state index < -0.39 is 0 Å². The van der Waals surface area contributed by atoms with Gasteiger partial charge in [0.25, 0.3) is 0 Å². The summed E-state index contributed by atoms with van der Waals surface area (Å²) >= 11 is 11.3. The second-order valence-corrected chi connectivity index (χ2v) is 6.57. The molecule has 1 aliphatic rings. The van der Waals surface area contributed by atoms with E-state index in [1.54, 1.807) is 30.3 Å². The molecule has 108 valence electrons. The van der Waals surface area contributed by atoms with Crippen LogP contribution in [0.2, 0.25) is 0 Å². The van der Waals surface area contributed by atoms with Gasteiger partial charge in [-0.3, -0.25) is 4.79 Å². The van der Waals surface area contributed by atoms with Crippen molar-refractivity contribution in [1.29, 1.82) is 0 Å². The summed E-state index contributed by atoms with van der Waals surface area (Å²) in [5.41, 5.74) is 0.560. The van der Waals surface area contributed by atoms with E-state index in [-0.39, 0.29) is 40.1 Å². The van der Waals surface area contributed by atoms with E-state index in [1.807, 2.05) is 13.8 Å². The van der Waals surface area contributed by atoms with Gasteiger partial charge in [0.15, 0.2) is 0 Å². The zero-order valence-electron chi connectivity index (χ0n) is 11.3. The maximum Gasteiger partial charge on any atom is 0.310 e. The second kappa shape index (κ2) is 5.66. The number of carbonyl (C=O) groups is 1. The standard InChI is InChI=1S/C15H16Cl2O3/c1-15(2)11(7-12(16)17)13(15)14(19)20-8-9-4-3-5-10(18)6-9/h3-7,11,13,18H,8H2,1-2H3. The minimum Gasteiger partial charge on any atom is -0.508 e. The molecule has 5 heteroatoms. The Kier molecular flexibility index (Phi) is 4.31. The van der Waals surface area contributed by atoms with Crippen LogP contribution in [0.1, 0.15) is 19.4 Å². The highest BCUT2D eigenvalue weighted by Crippen LogP contribution is 2.60. The zero-order valence-corrected chi connectivity index (χ0v) is 12.8. The molecule has 0 aliphatic heterocycles. The first-order chi connectivity index (χ1) is 9.32.